The van der Waals surface area contributed by atoms with Gasteiger partial charge in [-0.05, 0) is 75.7 Å². The Morgan fingerprint density at radius 2 is 1.44 bits per heavy atom. The van der Waals surface area contributed by atoms with Gasteiger partial charge in [-0.3, -0.25) is 0 Å². The number of benzene rings is 1. The molecule has 1 nitrogen and oxygen atoms in total. The fraction of sp³-hybridized carbons (Fsp3) is 0.750. The average Bonchev–Trinajstić information content (AvgIpc) is 2.64. The third kappa shape index (κ3) is 5.33. The van der Waals surface area contributed by atoms with Crippen molar-refractivity contribution >= 4 is 0 Å². The van der Waals surface area contributed by atoms with Crippen LogP contribution in [0.4, 0.5) is 0 Å². The zero-order valence-corrected chi connectivity index (χ0v) is 16.7. The van der Waals surface area contributed by atoms with Crippen LogP contribution in [0.15, 0.2) is 24.3 Å². The van der Waals surface area contributed by atoms with E-state index in [2.05, 4.69) is 45.0 Å². The second kappa shape index (κ2) is 9.21. The van der Waals surface area contributed by atoms with Crippen molar-refractivity contribution in [3.63, 3.8) is 0 Å². The Balaban J connectivity index is 1.41. The highest BCUT2D eigenvalue weighted by Crippen LogP contribution is 2.42. The molecule has 0 N–H and O–H groups in total. The Kier molecular flexibility index (Phi) is 6.99. The van der Waals surface area contributed by atoms with Crippen molar-refractivity contribution in [2.75, 3.05) is 0 Å². The minimum Gasteiger partial charge on any atom is -0.371 e. The Labute approximate surface area is 155 Å². The van der Waals surface area contributed by atoms with Crippen LogP contribution in [0.25, 0.3) is 0 Å². The Morgan fingerprint density at radius 1 is 0.880 bits per heavy atom. The number of aryl methyl sites for hydroxylation is 1. The van der Waals surface area contributed by atoms with Crippen LogP contribution in [-0.2, 0) is 4.74 Å². The van der Waals surface area contributed by atoms with Crippen molar-refractivity contribution in [3.8, 4) is 0 Å². The first-order chi connectivity index (χ1) is 12.2. The molecule has 1 aromatic carbocycles. The van der Waals surface area contributed by atoms with E-state index in [1.165, 1.54) is 75.3 Å². The highest BCUT2D eigenvalue weighted by molar-refractivity contribution is 5.22. The standard InChI is InChI=1S/C24H38O/c1-4-5-20-8-12-22(13-9-20)23-14-16-24(17-15-23)25-19(3)21-10-6-18(2)7-11-21/h6-7,10-11,19-20,22-24H,4-5,8-9,12-17H2,1-3H3/t19-,20?,22?,23?,24?/m1/s1. The number of ether oxygens (including phenoxy) is 1. The fourth-order valence-electron chi connectivity index (χ4n) is 5.26. The lowest BCUT2D eigenvalue weighted by molar-refractivity contribution is -0.0360. The molecule has 0 radical (unpaired) electrons. The van der Waals surface area contributed by atoms with Crippen LogP contribution in [0, 0.1) is 24.7 Å². The molecule has 0 saturated heterocycles. The summed E-state index contributed by atoms with van der Waals surface area (Å²) in [6.07, 6.45) is 14.9. The third-order valence-electron chi connectivity index (χ3n) is 6.92. The lowest BCUT2D eigenvalue weighted by Gasteiger charge is -2.38. The minimum atomic E-state index is 0.228. The van der Waals surface area contributed by atoms with E-state index < -0.39 is 0 Å². The van der Waals surface area contributed by atoms with Gasteiger partial charge < -0.3 is 4.74 Å². The van der Waals surface area contributed by atoms with E-state index in [-0.39, 0.29) is 6.10 Å². The van der Waals surface area contributed by atoms with Gasteiger partial charge in [-0.1, -0.05) is 62.4 Å². The minimum absolute atomic E-state index is 0.228. The van der Waals surface area contributed by atoms with Crippen LogP contribution in [-0.4, -0.2) is 6.10 Å². The molecule has 0 amide bonds. The molecule has 25 heavy (non-hydrogen) atoms. The van der Waals surface area contributed by atoms with E-state index in [9.17, 15) is 0 Å². The molecular weight excluding hydrogens is 304 g/mol. The summed E-state index contributed by atoms with van der Waals surface area (Å²) in [6, 6.07) is 8.84. The van der Waals surface area contributed by atoms with E-state index in [1.807, 2.05) is 0 Å². The van der Waals surface area contributed by atoms with Gasteiger partial charge in [0, 0.05) is 0 Å². The highest BCUT2D eigenvalue weighted by atomic mass is 16.5. The second-order valence-corrected chi connectivity index (χ2v) is 8.80. The summed E-state index contributed by atoms with van der Waals surface area (Å²) in [4.78, 5) is 0. The largest absolute Gasteiger partial charge is 0.371 e. The van der Waals surface area contributed by atoms with E-state index in [0.717, 1.165) is 17.8 Å². The fourth-order valence-corrected chi connectivity index (χ4v) is 5.26. The summed E-state index contributed by atoms with van der Waals surface area (Å²) in [6.45, 7) is 6.70. The SMILES string of the molecule is CCCC1CCC(C2CCC(O[C@H](C)c3ccc(C)cc3)CC2)CC1. The lowest BCUT2D eigenvalue weighted by Crippen LogP contribution is -2.29. The van der Waals surface area contributed by atoms with Crippen molar-refractivity contribution in [2.45, 2.75) is 97.2 Å². The number of hydrogen-bond donors (Lipinski definition) is 0. The second-order valence-electron chi connectivity index (χ2n) is 8.80. The summed E-state index contributed by atoms with van der Waals surface area (Å²) in [5, 5.41) is 0. The summed E-state index contributed by atoms with van der Waals surface area (Å²) in [5.41, 5.74) is 2.65. The molecule has 2 saturated carbocycles. The monoisotopic (exact) mass is 342 g/mol. The molecule has 140 valence electrons. The smallest absolute Gasteiger partial charge is 0.0800 e. The van der Waals surface area contributed by atoms with Gasteiger partial charge in [-0.2, -0.15) is 0 Å². The van der Waals surface area contributed by atoms with Crippen molar-refractivity contribution in [1.29, 1.82) is 0 Å². The third-order valence-corrected chi connectivity index (χ3v) is 6.92. The van der Waals surface area contributed by atoms with Crippen LogP contribution in [0.3, 0.4) is 0 Å². The molecule has 3 rings (SSSR count). The van der Waals surface area contributed by atoms with Crippen LogP contribution in [0.1, 0.15) is 95.3 Å². The number of hydrogen-bond acceptors (Lipinski definition) is 1. The predicted molar refractivity (Wildman–Crippen MR) is 107 cm³/mol. The molecule has 0 aromatic heterocycles. The van der Waals surface area contributed by atoms with E-state index in [4.69, 9.17) is 4.74 Å². The van der Waals surface area contributed by atoms with Crippen molar-refractivity contribution in [1.82, 2.24) is 0 Å². The summed E-state index contributed by atoms with van der Waals surface area (Å²) in [7, 11) is 0. The maximum atomic E-state index is 6.40. The Morgan fingerprint density at radius 3 is 2.00 bits per heavy atom. The van der Waals surface area contributed by atoms with Gasteiger partial charge in [-0.15, -0.1) is 0 Å². The van der Waals surface area contributed by atoms with Crippen LogP contribution >= 0.6 is 0 Å². The quantitative estimate of drug-likeness (QED) is 0.529. The molecule has 0 spiro atoms. The Hall–Kier alpha value is -0.820. The molecular formula is C24H38O. The van der Waals surface area contributed by atoms with Gasteiger partial charge in [0.2, 0.25) is 0 Å². The maximum absolute atomic E-state index is 6.40. The summed E-state index contributed by atoms with van der Waals surface area (Å²) < 4.78 is 6.40. The number of rotatable bonds is 6. The van der Waals surface area contributed by atoms with E-state index in [0.29, 0.717) is 6.10 Å². The first-order valence-corrected chi connectivity index (χ1v) is 10.9. The van der Waals surface area contributed by atoms with E-state index in [1.54, 1.807) is 0 Å². The van der Waals surface area contributed by atoms with Crippen molar-refractivity contribution in [3.05, 3.63) is 35.4 Å². The van der Waals surface area contributed by atoms with E-state index >= 15 is 0 Å². The van der Waals surface area contributed by atoms with Crippen LogP contribution < -0.4 is 0 Å². The predicted octanol–water partition coefficient (Wildman–Crippen LogP) is 7.24. The van der Waals surface area contributed by atoms with Gasteiger partial charge in [0.05, 0.1) is 12.2 Å². The first kappa shape index (κ1) is 19.0. The van der Waals surface area contributed by atoms with Gasteiger partial charge in [0.15, 0.2) is 0 Å². The Bertz CT molecular complexity index is 489. The molecule has 1 aromatic rings. The highest BCUT2D eigenvalue weighted by Gasteiger charge is 2.31. The molecule has 0 unspecified atom stereocenters. The molecule has 0 heterocycles. The lowest BCUT2D eigenvalue weighted by atomic mass is 9.70. The summed E-state index contributed by atoms with van der Waals surface area (Å²) in [5.74, 6) is 3.04. The van der Waals surface area contributed by atoms with Gasteiger partial charge in [-0.25, -0.2) is 0 Å². The van der Waals surface area contributed by atoms with Crippen molar-refractivity contribution < 1.29 is 4.74 Å². The molecule has 0 bridgehead atoms. The zero-order chi connectivity index (χ0) is 17.6. The van der Waals surface area contributed by atoms with Gasteiger partial charge in [0.1, 0.15) is 0 Å². The molecule has 1 heteroatoms. The molecule has 1 atom stereocenters. The molecule has 2 fully saturated rings. The topological polar surface area (TPSA) is 9.23 Å². The molecule has 2 aliphatic rings. The van der Waals surface area contributed by atoms with Crippen molar-refractivity contribution in [2.24, 2.45) is 17.8 Å². The maximum Gasteiger partial charge on any atom is 0.0800 e. The first-order valence-electron chi connectivity index (χ1n) is 10.9. The molecule has 0 aliphatic heterocycles. The average molecular weight is 343 g/mol. The van der Waals surface area contributed by atoms with Gasteiger partial charge in [0.25, 0.3) is 0 Å². The van der Waals surface area contributed by atoms with Gasteiger partial charge >= 0.3 is 0 Å². The normalized spacial score (nSPS) is 31.6. The van der Waals surface area contributed by atoms with Crippen LogP contribution in [0.5, 0.6) is 0 Å². The molecule has 2 aliphatic carbocycles. The van der Waals surface area contributed by atoms with Crippen LogP contribution in [0.2, 0.25) is 0 Å². The zero-order valence-electron chi connectivity index (χ0n) is 16.7. The summed E-state index contributed by atoms with van der Waals surface area (Å²) >= 11 is 0.